The molecule has 2 rings (SSSR count). The Kier molecular flexibility index (Phi) is 4.59. The van der Waals surface area contributed by atoms with E-state index in [1.165, 1.54) is 6.92 Å². The third kappa shape index (κ3) is 3.40. The van der Waals surface area contributed by atoms with Crippen LogP contribution in [0.15, 0.2) is 22.7 Å². The van der Waals surface area contributed by atoms with E-state index in [0.29, 0.717) is 16.6 Å². The van der Waals surface area contributed by atoms with Crippen molar-refractivity contribution in [3.63, 3.8) is 0 Å². The fourth-order valence-corrected chi connectivity index (χ4v) is 3.04. The van der Waals surface area contributed by atoms with E-state index in [1.54, 1.807) is 25.3 Å². The number of carbonyl (C=O) groups is 2. The molecule has 21 heavy (non-hydrogen) atoms. The van der Waals surface area contributed by atoms with Gasteiger partial charge in [0.15, 0.2) is 16.6 Å². The summed E-state index contributed by atoms with van der Waals surface area (Å²) in [7, 11) is 1.56. The number of aromatic nitrogens is 1. The van der Waals surface area contributed by atoms with Crippen molar-refractivity contribution in [2.75, 3.05) is 12.4 Å². The predicted molar refractivity (Wildman–Crippen MR) is 83.1 cm³/mol. The molecule has 1 heterocycles. The Morgan fingerprint density at radius 3 is 2.62 bits per heavy atom. The molecule has 0 aliphatic heterocycles. The Morgan fingerprint density at radius 2 is 2.14 bits per heavy atom. The van der Waals surface area contributed by atoms with Gasteiger partial charge in [-0.25, -0.2) is 9.78 Å². The highest BCUT2D eigenvalue weighted by molar-refractivity contribution is 9.10. The number of nitrogens with zero attached hydrogens (tertiary/aromatic N) is 1. The van der Waals surface area contributed by atoms with Crippen LogP contribution in [-0.4, -0.2) is 29.0 Å². The van der Waals surface area contributed by atoms with Crippen molar-refractivity contribution < 1.29 is 19.4 Å². The minimum Gasteiger partial charge on any atom is -0.496 e. The van der Waals surface area contributed by atoms with Gasteiger partial charge in [-0.15, -0.1) is 0 Å². The van der Waals surface area contributed by atoms with E-state index in [0.717, 1.165) is 15.8 Å². The molecule has 8 heteroatoms. The normalized spacial score (nSPS) is 10.2. The first-order valence-corrected chi connectivity index (χ1v) is 7.39. The van der Waals surface area contributed by atoms with Crippen LogP contribution < -0.4 is 10.1 Å². The van der Waals surface area contributed by atoms with Crippen LogP contribution in [0.25, 0.3) is 0 Å². The number of hydrogen-bond acceptors (Lipinski definition) is 6. The number of thiazole rings is 1. The smallest absolute Gasteiger partial charge is 0.356 e. The van der Waals surface area contributed by atoms with Crippen LogP contribution in [0.3, 0.4) is 0 Å². The van der Waals surface area contributed by atoms with E-state index in [9.17, 15) is 9.59 Å². The van der Waals surface area contributed by atoms with Gasteiger partial charge < -0.3 is 15.2 Å². The average molecular weight is 371 g/mol. The summed E-state index contributed by atoms with van der Waals surface area (Å²) in [4.78, 5) is 26.6. The standard InChI is InChI=1S/C13H11BrN2O4S/c1-6(17)11-10(12(18)19)16-13(21-11)15-7-3-4-9(20-2)8(14)5-7/h3-5H,1-2H3,(H,15,16)(H,18,19). The van der Waals surface area contributed by atoms with Crippen LogP contribution in [0.5, 0.6) is 5.75 Å². The van der Waals surface area contributed by atoms with Gasteiger partial charge in [-0.1, -0.05) is 11.3 Å². The Balaban J connectivity index is 2.31. The lowest BCUT2D eigenvalue weighted by Crippen LogP contribution is -2.03. The van der Waals surface area contributed by atoms with Gasteiger partial charge in [0.25, 0.3) is 0 Å². The van der Waals surface area contributed by atoms with Crippen molar-refractivity contribution in [1.82, 2.24) is 4.98 Å². The molecule has 0 bridgehead atoms. The van der Waals surface area contributed by atoms with E-state index in [-0.39, 0.29) is 16.4 Å². The maximum Gasteiger partial charge on any atom is 0.356 e. The summed E-state index contributed by atoms with van der Waals surface area (Å²) < 4.78 is 5.87. The molecule has 0 atom stereocenters. The second-order valence-electron chi connectivity index (χ2n) is 4.03. The predicted octanol–water partition coefficient (Wildman–Crippen LogP) is 3.56. The van der Waals surface area contributed by atoms with E-state index in [1.807, 2.05) is 0 Å². The molecule has 1 aromatic heterocycles. The molecule has 2 N–H and O–H groups in total. The zero-order valence-corrected chi connectivity index (χ0v) is 13.5. The van der Waals surface area contributed by atoms with Crippen molar-refractivity contribution >= 4 is 49.8 Å². The van der Waals surface area contributed by atoms with Gasteiger partial charge in [0.2, 0.25) is 0 Å². The third-order valence-electron chi connectivity index (χ3n) is 2.55. The van der Waals surface area contributed by atoms with Gasteiger partial charge in [-0.05, 0) is 34.1 Å². The largest absolute Gasteiger partial charge is 0.496 e. The number of nitrogens with one attached hydrogen (secondary N) is 1. The van der Waals surface area contributed by atoms with E-state index >= 15 is 0 Å². The first-order chi connectivity index (χ1) is 9.92. The highest BCUT2D eigenvalue weighted by Gasteiger charge is 2.20. The minimum atomic E-state index is -1.22. The van der Waals surface area contributed by atoms with Gasteiger partial charge >= 0.3 is 5.97 Å². The SMILES string of the molecule is COc1ccc(Nc2nc(C(=O)O)c(C(C)=O)s2)cc1Br. The molecular weight excluding hydrogens is 360 g/mol. The minimum absolute atomic E-state index is 0.123. The number of benzene rings is 1. The number of methoxy groups -OCH3 is 1. The second kappa shape index (κ2) is 6.23. The topological polar surface area (TPSA) is 88.5 Å². The van der Waals surface area contributed by atoms with Crippen LogP contribution >= 0.6 is 27.3 Å². The number of carboxylic acids is 1. The number of ether oxygens (including phenoxy) is 1. The monoisotopic (exact) mass is 370 g/mol. The van der Waals surface area contributed by atoms with Crippen LogP contribution in [-0.2, 0) is 0 Å². The number of Topliss-reactive ketones (excluding diaryl/α,β-unsaturated/α-hetero) is 1. The quantitative estimate of drug-likeness (QED) is 0.782. The van der Waals surface area contributed by atoms with Gasteiger partial charge in [0, 0.05) is 12.6 Å². The number of carboxylic acid groups (broad SMARTS) is 1. The molecule has 2 aromatic rings. The number of carbonyl (C=O) groups excluding carboxylic acids is 1. The van der Waals surface area contributed by atoms with Crippen molar-refractivity contribution in [2.24, 2.45) is 0 Å². The number of anilines is 2. The number of halogens is 1. The van der Waals surface area contributed by atoms with Crippen LogP contribution in [0.1, 0.15) is 27.1 Å². The van der Waals surface area contributed by atoms with Crippen molar-refractivity contribution in [3.8, 4) is 5.75 Å². The van der Waals surface area contributed by atoms with Crippen molar-refractivity contribution in [3.05, 3.63) is 33.2 Å². The number of rotatable bonds is 5. The molecule has 0 fully saturated rings. The summed E-state index contributed by atoms with van der Waals surface area (Å²) in [6, 6.07) is 5.29. The summed E-state index contributed by atoms with van der Waals surface area (Å²) in [5, 5.41) is 12.4. The Labute approximate surface area is 132 Å². The van der Waals surface area contributed by atoms with Gasteiger partial charge in [-0.2, -0.15) is 0 Å². The zero-order valence-electron chi connectivity index (χ0n) is 11.1. The summed E-state index contributed by atoms with van der Waals surface area (Å²) in [6.07, 6.45) is 0. The fraction of sp³-hybridized carbons (Fsp3) is 0.154. The molecule has 110 valence electrons. The summed E-state index contributed by atoms with van der Waals surface area (Å²) in [6.45, 7) is 1.31. The van der Waals surface area contributed by atoms with Crippen LogP contribution in [0.2, 0.25) is 0 Å². The van der Waals surface area contributed by atoms with Gasteiger partial charge in [0.05, 0.1) is 11.6 Å². The molecule has 0 aliphatic carbocycles. The third-order valence-corrected chi connectivity index (χ3v) is 4.24. The molecule has 0 spiro atoms. The molecule has 0 saturated heterocycles. The number of aromatic carboxylic acids is 1. The first-order valence-electron chi connectivity index (χ1n) is 5.78. The first kappa shape index (κ1) is 15.5. The van der Waals surface area contributed by atoms with Crippen LogP contribution in [0.4, 0.5) is 10.8 Å². The Morgan fingerprint density at radius 1 is 1.43 bits per heavy atom. The van der Waals surface area contributed by atoms with Gasteiger partial charge in [-0.3, -0.25) is 4.79 Å². The lowest BCUT2D eigenvalue weighted by molar-refractivity contribution is 0.0687. The fourth-order valence-electron chi connectivity index (χ4n) is 1.62. The maximum atomic E-state index is 11.4. The molecule has 0 radical (unpaired) electrons. The lowest BCUT2D eigenvalue weighted by Gasteiger charge is -2.06. The molecule has 0 saturated carbocycles. The molecule has 0 amide bonds. The molecule has 0 aliphatic rings. The lowest BCUT2D eigenvalue weighted by atomic mass is 10.3. The molecule has 6 nitrogen and oxygen atoms in total. The van der Waals surface area contributed by atoms with Crippen molar-refractivity contribution in [1.29, 1.82) is 0 Å². The highest BCUT2D eigenvalue weighted by Crippen LogP contribution is 2.31. The van der Waals surface area contributed by atoms with Crippen LogP contribution in [0, 0.1) is 0 Å². The Bertz CT molecular complexity index is 683. The summed E-state index contributed by atoms with van der Waals surface area (Å²) in [5.41, 5.74) is 0.464. The number of hydrogen-bond donors (Lipinski definition) is 2. The zero-order chi connectivity index (χ0) is 15.6. The van der Waals surface area contributed by atoms with E-state index in [2.05, 4.69) is 26.2 Å². The number of ketones is 1. The molecule has 1 aromatic carbocycles. The van der Waals surface area contributed by atoms with E-state index < -0.39 is 5.97 Å². The molecular formula is C13H11BrN2O4S. The highest BCUT2D eigenvalue weighted by atomic mass is 79.9. The second-order valence-corrected chi connectivity index (χ2v) is 5.89. The average Bonchev–Trinajstić information content (AvgIpc) is 2.83. The van der Waals surface area contributed by atoms with Gasteiger partial charge in [0.1, 0.15) is 10.6 Å². The Hall–Kier alpha value is -1.93. The summed E-state index contributed by atoms with van der Waals surface area (Å²) >= 11 is 4.36. The van der Waals surface area contributed by atoms with Crippen molar-refractivity contribution in [2.45, 2.75) is 6.92 Å². The summed E-state index contributed by atoms with van der Waals surface area (Å²) in [5.74, 6) is -0.871. The van der Waals surface area contributed by atoms with E-state index in [4.69, 9.17) is 9.84 Å². The molecule has 0 unspecified atom stereocenters. The maximum absolute atomic E-state index is 11.4.